The summed E-state index contributed by atoms with van der Waals surface area (Å²) in [6.45, 7) is 1.36. The Bertz CT molecular complexity index is 948. The molecule has 2 N–H and O–H groups in total. The minimum absolute atomic E-state index is 0.279. The minimum Gasteiger partial charge on any atom is -0.369 e. The molecule has 0 unspecified atom stereocenters. The molecule has 0 aliphatic heterocycles. The fourth-order valence-corrected chi connectivity index (χ4v) is 3.57. The lowest BCUT2D eigenvalue weighted by Gasteiger charge is -2.35. The zero-order chi connectivity index (χ0) is 26.7. The molecule has 0 aliphatic rings. The number of halogens is 12. The summed E-state index contributed by atoms with van der Waals surface area (Å²) in [5.74, 6) is 0. The Morgan fingerprint density at radius 3 is 0.912 bits per heavy atom. The molecule has 0 aromatic heterocycles. The normalized spacial score (nSPS) is 14.5. The zero-order valence-electron chi connectivity index (χ0n) is 16.9. The Hall–Kier alpha value is -2.48. The van der Waals surface area contributed by atoms with Gasteiger partial charge in [0.1, 0.15) is 0 Å². The van der Waals surface area contributed by atoms with E-state index in [2.05, 4.69) is 0 Å². The zero-order valence-corrected chi connectivity index (χ0v) is 16.9. The van der Waals surface area contributed by atoms with E-state index in [1.54, 1.807) is 0 Å². The Labute approximate surface area is 183 Å². The van der Waals surface area contributed by atoms with Gasteiger partial charge in [0.15, 0.2) is 0 Å². The van der Waals surface area contributed by atoms with Crippen molar-refractivity contribution in [3.63, 3.8) is 0 Å². The van der Waals surface area contributed by atoms with Gasteiger partial charge in [-0.05, 0) is 36.1 Å². The van der Waals surface area contributed by atoms with E-state index in [0.29, 0.717) is 26.0 Å². The lowest BCUT2D eigenvalue weighted by atomic mass is 9.81. The summed E-state index contributed by atoms with van der Waals surface area (Å²) in [4.78, 5) is 0. The summed E-state index contributed by atoms with van der Waals surface area (Å²) in [5.41, 5.74) is -17.3. The van der Waals surface area contributed by atoms with Gasteiger partial charge in [0.25, 0.3) is 11.2 Å². The Morgan fingerprint density at radius 2 is 0.706 bits per heavy atom. The summed E-state index contributed by atoms with van der Waals surface area (Å²) < 4.78 is 160. The molecule has 0 saturated heterocycles. The van der Waals surface area contributed by atoms with Crippen LogP contribution in [-0.4, -0.2) is 34.9 Å². The summed E-state index contributed by atoms with van der Waals surface area (Å²) in [6.07, 6.45) is -25.1. The van der Waals surface area contributed by atoms with Crippen molar-refractivity contribution in [3.8, 4) is 11.1 Å². The fourth-order valence-electron chi connectivity index (χ4n) is 3.57. The van der Waals surface area contributed by atoms with E-state index in [4.69, 9.17) is 0 Å². The maximum Gasteiger partial charge on any atom is 0.430 e. The van der Waals surface area contributed by atoms with Crippen LogP contribution in [0.5, 0.6) is 0 Å². The first-order chi connectivity index (χ1) is 15.0. The van der Waals surface area contributed by atoms with Gasteiger partial charge in [0.05, 0.1) is 0 Å². The maximum absolute atomic E-state index is 13.3. The monoisotopic (exact) mass is 514 g/mol. The van der Waals surface area contributed by atoms with Crippen LogP contribution in [0.4, 0.5) is 52.7 Å². The van der Waals surface area contributed by atoms with Crippen LogP contribution < -0.4 is 0 Å². The van der Waals surface area contributed by atoms with Crippen molar-refractivity contribution in [1.82, 2.24) is 0 Å². The van der Waals surface area contributed by atoms with Crippen molar-refractivity contribution in [1.29, 1.82) is 0 Å². The van der Waals surface area contributed by atoms with E-state index in [-0.39, 0.29) is 12.1 Å². The molecule has 14 heteroatoms. The number of alkyl halides is 12. The van der Waals surface area contributed by atoms with Crippen molar-refractivity contribution >= 4 is 0 Å². The third-order valence-electron chi connectivity index (χ3n) is 5.38. The highest BCUT2D eigenvalue weighted by atomic mass is 19.4. The molecule has 0 spiro atoms. The lowest BCUT2D eigenvalue weighted by Crippen LogP contribution is -2.54. The molecule has 0 saturated carbocycles. The number of hydrogen-bond donors (Lipinski definition) is 2. The Morgan fingerprint density at radius 1 is 0.471 bits per heavy atom. The van der Waals surface area contributed by atoms with Crippen LogP contribution in [0.2, 0.25) is 0 Å². The molecule has 0 aliphatic carbocycles. The second-order valence-electron chi connectivity index (χ2n) is 7.37. The number of aliphatic hydroxyl groups is 2. The van der Waals surface area contributed by atoms with Gasteiger partial charge < -0.3 is 10.2 Å². The second-order valence-corrected chi connectivity index (χ2v) is 7.37. The average molecular weight is 514 g/mol. The van der Waals surface area contributed by atoms with Gasteiger partial charge in [-0.15, -0.1) is 0 Å². The molecule has 34 heavy (non-hydrogen) atoms. The molecule has 2 rings (SSSR count). The highest BCUT2D eigenvalue weighted by molar-refractivity contribution is 5.73. The van der Waals surface area contributed by atoms with Gasteiger partial charge in [0.2, 0.25) is 0 Å². The van der Waals surface area contributed by atoms with Crippen LogP contribution >= 0.6 is 0 Å². The first-order valence-electron chi connectivity index (χ1n) is 8.95. The average Bonchev–Trinajstić information content (AvgIpc) is 2.64. The summed E-state index contributed by atoms with van der Waals surface area (Å²) in [7, 11) is 0. The number of rotatable bonds is 3. The molecule has 2 aromatic carbocycles. The molecular weight excluding hydrogens is 500 g/mol. The van der Waals surface area contributed by atoms with Gasteiger partial charge in [0, 0.05) is 11.1 Å². The molecule has 0 radical (unpaired) electrons. The van der Waals surface area contributed by atoms with Crippen LogP contribution in [0.15, 0.2) is 36.4 Å². The third-order valence-corrected chi connectivity index (χ3v) is 5.38. The van der Waals surface area contributed by atoms with Crippen molar-refractivity contribution < 1.29 is 62.9 Å². The summed E-state index contributed by atoms with van der Waals surface area (Å²) >= 11 is 0. The molecule has 0 heterocycles. The predicted molar refractivity (Wildman–Crippen MR) is 93.4 cm³/mol. The van der Waals surface area contributed by atoms with Gasteiger partial charge >= 0.3 is 24.7 Å². The van der Waals surface area contributed by atoms with Crippen LogP contribution in [0.25, 0.3) is 11.1 Å². The second kappa shape index (κ2) is 8.04. The van der Waals surface area contributed by atoms with Crippen molar-refractivity contribution in [2.24, 2.45) is 0 Å². The van der Waals surface area contributed by atoms with Crippen molar-refractivity contribution in [2.75, 3.05) is 0 Å². The van der Waals surface area contributed by atoms with Gasteiger partial charge in [-0.3, -0.25) is 0 Å². The third kappa shape index (κ3) is 4.00. The van der Waals surface area contributed by atoms with Crippen LogP contribution in [0.3, 0.4) is 0 Å². The topological polar surface area (TPSA) is 40.5 Å². The Kier molecular flexibility index (Phi) is 6.56. The smallest absolute Gasteiger partial charge is 0.369 e. The largest absolute Gasteiger partial charge is 0.430 e. The van der Waals surface area contributed by atoms with Crippen LogP contribution in [-0.2, 0) is 11.2 Å². The molecule has 2 aromatic rings. The molecule has 0 bridgehead atoms. The standard InChI is InChI=1S/C20H14F12O2/c1-9-11(5-3-7-13(9)15(33,17(21,22)23)18(24,25)26)12-6-4-8-14(10(12)2)16(34,19(27,28)29)20(30,31)32/h3-8,33-34H,1-2H3. The van der Waals surface area contributed by atoms with E-state index in [1.807, 2.05) is 0 Å². The van der Waals surface area contributed by atoms with Crippen LogP contribution in [0, 0.1) is 13.8 Å². The lowest BCUT2D eigenvalue weighted by molar-refractivity contribution is -0.377. The van der Waals surface area contributed by atoms with Gasteiger partial charge in [-0.2, -0.15) is 52.7 Å². The Balaban J connectivity index is 2.91. The number of benzene rings is 2. The summed E-state index contributed by atoms with van der Waals surface area (Å²) in [5, 5.41) is 19.4. The highest BCUT2D eigenvalue weighted by Crippen LogP contribution is 2.54. The predicted octanol–water partition coefficient (Wildman–Crippen LogP) is 6.59. The highest BCUT2D eigenvalue weighted by Gasteiger charge is 2.73. The first-order valence-corrected chi connectivity index (χ1v) is 8.95. The van der Waals surface area contributed by atoms with Crippen molar-refractivity contribution in [2.45, 2.75) is 49.8 Å². The minimum atomic E-state index is -6.28. The number of hydrogen-bond acceptors (Lipinski definition) is 2. The maximum atomic E-state index is 13.3. The van der Waals surface area contributed by atoms with E-state index in [1.165, 1.54) is 0 Å². The fraction of sp³-hybridized carbons (Fsp3) is 0.400. The van der Waals surface area contributed by atoms with E-state index >= 15 is 0 Å². The molecule has 2 nitrogen and oxygen atoms in total. The van der Waals surface area contributed by atoms with E-state index in [9.17, 15) is 62.9 Å². The molecule has 0 amide bonds. The van der Waals surface area contributed by atoms with E-state index in [0.717, 1.165) is 12.1 Å². The van der Waals surface area contributed by atoms with Gasteiger partial charge in [-0.25, -0.2) is 0 Å². The van der Waals surface area contributed by atoms with Crippen LogP contribution in [0.1, 0.15) is 22.3 Å². The molecule has 0 fully saturated rings. The van der Waals surface area contributed by atoms with E-state index < -0.39 is 69.3 Å². The van der Waals surface area contributed by atoms with Gasteiger partial charge in [-0.1, -0.05) is 36.4 Å². The molecule has 190 valence electrons. The SMILES string of the molecule is Cc1c(-c2cccc(C(O)(C(F)(F)F)C(F)(F)F)c2C)cccc1C(O)(C(F)(F)F)C(F)(F)F. The molecule has 0 atom stereocenters. The summed E-state index contributed by atoms with van der Waals surface area (Å²) in [6, 6.07) is 3.48. The quantitative estimate of drug-likeness (QED) is 0.454. The molecular formula is C20H14F12O2. The van der Waals surface area contributed by atoms with Crippen molar-refractivity contribution in [3.05, 3.63) is 58.7 Å². The first kappa shape index (κ1) is 27.8.